The second-order valence-corrected chi connectivity index (χ2v) is 6.69. The topological polar surface area (TPSA) is 75.7 Å². The Morgan fingerprint density at radius 2 is 1.70 bits per heavy atom. The van der Waals surface area contributed by atoms with Gasteiger partial charge in [0.15, 0.2) is 0 Å². The van der Waals surface area contributed by atoms with Gasteiger partial charge in [-0.2, -0.15) is 0 Å². The van der Waals surface area contributed by atoms with E-state index in [2.05, 4.69) is 21.2 Å². The third-order valence-corrected chi connectivity index (χ3v) is 4.25. The highest BCUT2D eigenvalue weighted by molar-refractivity contribution is 9.09. The average Bonchev–Trinajstić information content (AvgIpc) is 2.66. The van der Waals surface area contributed by atoms with Gasteiger partial charge in [-0.3, -0.25) is 14.9 Å². The number of aryl methyl sites for hydroxylation is 1. The Kier molecular flexibility index (Phi) is 5.71. The molecule has 4 amide bonds. The molecule has 0 unspecified atom stereocenters. The van der Waals surface area contributed by atoms with Gasteiger partial charge >= 0.3 is 6.03 Å². The molecular weight excluding hydrogens is 412 g/mol. The quantitative estimate of drug-likeness (QED) is 0.449. The Balaban J connectivity index is 1.88. The number of nitrogens with one attached hydrogen (secondary N) is 1. The van der Waals surface area contributed by atoms with Crippen molar-refractivity contribution in [2.75, 3.05) is 16.8 Å². The maximum Gasteiger partial charge on any atom is 0.335 e. The zero-order chi connectivity index (χ0) is 19.4. The van der Waals surface area contributed by atoms with E-state index in [1.165, 1.54) is 6.08 Å². The largest absolute Gasteiger partial charge is 0.493 e. The summed E-state index contributed by atoms with van der Waals surface area (Å²) in [6.45, 7) is 2.44. The summed E-state index contributed by atoms with van der Waals surface area (Å²) in [4.78, 5) is 38.1. The van der Waals surface area contributed by atoms with Gasteiger partial charge in [0.2, 0.25) is 0 Å². The summed E-state index contributed by atoms with van der Waals surface area (Å²) in [6.07, 6.45) is 1.46. The lowest BCUT2D eigenvalue weighted by Gasteiger charge is -2.26. The second-order valence-electron chi connectivity index (χ2n) is 5.90. The number of rotatable bonds is 5. The smallest absolute Gasteiger partial charge is 0.335 e. The van der Waals surface area contributed by atoms with Crippen LogP contribution in [-0.2, 0) is 9.59 Å². The fourth-order valence-corrected chi connectivity index (χ4v) is 2.73. The summed E-state index contributed by atoms with van der Waals surface area (Å²) < 4.78 is 5.47. The average molecular weight is 429 g/mol. The molecule has 138 valence electrons. The molecule has 1 saturated heterocycles. The maximum absolute atomic E-state index is 12.8. The zero-order valence-electron chi connectivity index (χ0n) is 14.6. The van der Waals surface area contributed by atoms with Gasteiger partial charge in [0.1, 0.15) is 11.3 Å². The van der Waals surface area contributed by atoms with Crippen LogP contribution < -0.4 is 15.0 Å². The number of nitrogens with zero attached hydrogens (tertiary/aromatic N) is 1. The third-order valence-electron chi connectivity index (χ3n) is 3.93. The van der Waals surface area contributed by atoms with E-state index in [0.29, 0.717) is 23.6 Å². The molecule has 1 N–H and O–H groups in total. The van der Waals surface area contributed by atoms with Crippen molar-refractivity contribution in [1.82, 2.24) is 5.32 Å². The fourth-order valence-electron chi connectivity index (χ4n) is 2.57. The molecule has 0 atom stereocenters. The monoisotopic (exact) mass is 428 g/mol. The summed E-state index contributed by atoms with van der Waals surface area (Å²) in [5, 5.41) is 2.93. The van der Waals surface area contributed by atoms with E-state index in [9.17, 15) is 14.4 Å². The molecule has 1 heterocycles. The number of urea groups is 1. The molecule has 0 spiro atoms. The number of halogens is 1. The van der Waals surface area contributed by atoms with Crippen molar-refractivity contribution in [2.45, 2.75) is 6.92 Å². The molecule has 0 bridgehead atoms. The highest BCUT2D eigenvalue weighted by Gasteiger charge is 2.36. The van der Waals surface area contributed by atoms with E-state index in [0.717, 1.165) is 15.8 Å². The number of carbonyl (C=O) groups is 3. The zero-order valence-corrected chi connectivity index (χ0v) is 16.2. The standard InChI is InChI=1S/C20H17BrN2O4/c1-13-2-6-15(7-3-13)23-19(25)17(18(24)22-20(23)26)12-14-4-8-16(9-5-14)27-11-10-21/h2-9,12H,10-11H2,1H3,(H,22,24,26). The van der Waals surface area contributed by atoms with Gasteiger partial charge in [-0.25, -0.2) is 9.69 Å². The van der Waals surface area contributed by atoms with E-state index in [1.807, 2.05) is 6.92 Å². The minimum Gasteiger partial charge on any atom is -0.493 e. The van der Waals surface area contributed by atoms with Crippen molar-refractivity contribution < 1.29 is 19.1 Å². The molecule has 2 aromatic rings. The van der Waals surface area contributed by atoms with E-state index in [4.69, 9.17) is 4.74 Å². The van der Waals surface area contributed by atoms with Crippen molar-refractivity contribution in [2.24, 2.45) is 0 Å². The lowest BCUT2D eigenvalue weighted by molar-refractivity contribution is -0.122. The Morgan fingerprint density at radius 3 is 2.33 bits per heavy atom. The van der Waals surface area contributed by atoms with E-state index >= 15 is 0 Å². The summed E-state index contributed by atoms with van der Waals surface area (Å²) in [6, 6.07) is 13.1. The minimum atomic E-state index is -0.760. The molecule has 0 aromatic heterocycles. The molecular formula is C20H17BrN2O4. The SMILES string of the molecule is Cc1ccc(N2C(=O)NC(=O)C(=Cc3ccc(OCCBr)cc3)C2=O)cc1. The van der Waals surface area contributed by atoms with Gasteiger partial charge in [-0.15, -0.1) is 0 Å². The summed E-state index contributed by atoms with van der Waals surface area (Å²) in [5.41, 5.74) is 1.94. The number of alkyl halides is 1. The van der Waals surface area contributed by atoms with Crippen LogP contribution in [-0.4, -0.2) is 29.8 Å². The van der Waals surface area contributed by atoms with Crippen molar-refractivity contribution in [3.05, 3.63) is 65.2 Å². The second kappa shape index (κ2) is 8.18. The Labute approximate surface area is 164 Å². The number of benzene rings is 2. The number of barbiturate groups is 1. The van der Waals surface area contributed by atoms with Crippen molar-refractivity contribution in [3.63, 3.8) is 0 Å². The Morgan fingerprint density at radius 1 is 1.04 bits per heavy atom. The normalized spacial score (nSPS) is 15.9. The van der Waals surface area contributed by atoms with E-state index < -0.39 is 17.8 Å². The van der Waals surface area contributed by atoms with Crippen molar-refractivity contribution in [3.8, 4) is 5.75 Å². The Hall–Kier alpha value is -2.93. The predicted octanol–water partition coefficient (Wildman–Crippen LogP) is 3.44. The molecule has 0 saturated carbocycles. The Bertz CT molecular complexity index is 905. The molecule has 6 nitrogen and oxygen atoms in total. The van der Waals surface area contributed by atoms with Crippen LogP contribution in [0.5, 0.6) is 5.75 Å². The van der Waals surface area contributed by atoms with Crippen LogP contribution in [0.15, 0.2) is 54.1 Å². The van der Waals surface area contributed by atoms with Crippen molar-refractivity contribution in [1.29, 1.82) is 0 Å². The number of carbonyl (C=O) groups excluding carboxylic acids is 3. The van der Waals surface area contributed by atoms with Crippen LogP contribution >= 0.6 is 15.9 Å². The molecule has 7 heteroatoms. The predicted molar refractivity (Wildman–Crippen MR) is 106 cm³/mol. The lowest BCUT2D eigenvalue weighted by atomic mass is 10.1. The van der Waals surface area contributed by atoms with Crippen LogP contribution in [0.25, 0.3) is 6.08 Å². The molecule has 2 aromatic carbocycles. The molecule has 3 rings (SSSR count). The lowest BCUT2D eigenvalue weighted by Crippen LogP contribution is -2.54. The van der Waals surface area contributed by atoms with Gasteiger partial charge in [0.05, 0.1) is 12.3 Å². The molecule has 0 aliphatic carbocycles. The van der Waals surface area contributed by atoms with Crippen LogP contribution in [0.4, 0.5) is 10.5 Å². The van der Waals surface area contributed by atoms with Crippen LogP contribution in [0.3, 0.4) is 0 Å². The van der Waals surface area contributed by atoms with Crippen LogP contribution in [0, 0.1) is 6.92 Å². The van der Waals surface area contributed by atoms with Crippen molar-refractivity contribution >= 4 is 45.5 Å². The highest BCUT2D eigenvalue weighted by atomic mass is 79.9. The van der Waals surface area contributed by atoms with Gasteiger partial charge < -0.3 is 4.74 Å². The van der Waals surface area contributed by atoms with Gasteiger partial charge in [0, 0.05) is 5.33 Å². The summed E-state index contributed by atoms with van der Waals surface area (Å²) in [7, 11) is 0. The van der Waals surface area contributed by atoms with Crippen LogP contribution in [0.1, 0.15) is 11.1 Å². The minimum absolute atomic E-state index is 0.107. The van der Waals surface area contributed by atoms with Crippen LogP contribution in [0.2, 0.25) is 0 Å². The number of anilines is 1. The third kappa shape index (κ3) is 4.25. The number of hydrogen-bond donors (Lipinski definition) is 1. The van der Waals surface area contributed by atoms with Gasteiger partial charge in [-0.1, -0.05) is 45.8 Å². The molecule has 1 aliphatic rings. The van der Waals surface area contributed by atoms with E-state index in [1.54, 1.807) is 48.5 Å². The molecule has 1 fully saturated rings. The van der Waals surface area contributed by atoms with Gasteiger partial charge in [0.25, 0.3) is 11.8 Å². The molecule has 1 aliphatic heterocycles. The first-order valence-corrected chi connectivity index (χ1v) is 9.38. The highest BCUT2D eigenvalue weighted by Crippen LogP contribution is 2.23. The number of amides is 4. The summed E-state index contributed by atoms with van der Waals surface area (Å²) in [5.74, 6) is -0.687. The number of imide groups is 2. The summed E-state index contributed by atoms with van der Waals surface area (Å²) >= 11 is 3.29. The molecule has 0 radical (unpaired) electrons. The molecule has 27 heavy (non-hydrogen) atoms. The first kappa shape index (κ1) is 18.8. The number of hydrogen-bond acceptors (Lipinski definition) is 4. The first-order valence-electron chi connectivity index (χ1n) is 8.26. The van der Waals surface area contributed by atoms with E-state index in [-0.39, 0.29) is 5.57 Å². The fraction of sp³-hybridized carbons (Fsp3) is 0.150. The number of ether oxygens (including phenoxy) is 1. The first-order chi connectivity index (χ1) is 13.0. The maximum atomic E-state index is 12.8. The van der Waals surface area contributed by atoms with Gasteiger partial charge in [-0.05, 0) is 42.8 Å².